The lowest BCUT2D eigenvalue weighted by Gasteiger charge is -2.05. The predicted octanol–water partition coefficient (Wildman–Crippen LogP) is 3.34. The van der Waals surface area contributed by atoms with Crippen LogP contribution in [-0.2, 0) is 0 Å². The van der Waals surface area contributed by atoms with Crippen molar-refractivity contribution in [2.24, 2.45) is 0 Å². The van der Waals surface area contributed by atoms with Gasteiger partial charge in [0, 0.05) is 22.6 Å². The smallest absolute Gasteiger partial charge is 0.257 e. The van der Waals surface area contributed by atoms with Gasteiger partial charge in [0.1, 0.15) is 0 Å². The van der Waals surface area contributed by atoms with Crippen LogP contribution in [0.25, 0.3) is 0 Å². The van der Waals surface area contributed by atoms with Crippen LogP contribution < -0.4 is 5.32 Å². The summed E-state index contributed by atoms with van der Waals surface area (Å²) in [5.41, 5.74) is 2.54. The highest BCUT2D eigenvalue weighted by Crippen LogP contribution is 2.20. The van der Waals surface area contributed by atoms with Gasteiger partial charge in [0.15, 0.2) is 0 Å². The van der Waals surface area contributed by atoms with Crippen LogP contribution in [0, 0.1) is 6.92 Å². The van der Waals surface area contributed by atoms with Gasteiger partial charge in [-0.1, -0.05) is 22.0 Å². The highest BCUT2D eigenvalue weighted by Gasteiger charge is 2.06. The second-order valence-electron chi connectivity index (χ2n) is 3.52. The second kappa shape index (κ2) is 4.53. The average Bonchev–Trinajstić information content (AvgIpc) is 2.77. The molecule has 4 heteroatoms. The molecule has 0 radical (unpaired) electrons. The van der Waals surface area contributed by atoms with Gasteiger partial charge in [-0.05, 0) is 30.7 Å². The molecule has 3 nitrogen and oxygen atoms in total. The van der Waals surface area contributed by atoms with E-state index in [0.717, 1.165) is 15.7 Å². The number of hydrogen-bond acceptors (Lipinski definition) is 1. The Labute approximate surface area is 102 Å². The Morgan fingerprint density at radius 1 is 1.38 bits per heavy atom. The molecule has 0 spiro atoms. The minimum Gasteiger partial charge on any atom is -0.367 e. The van der Waals surface area contributed by atoms with E-state index in [1.807, 2.05) is 25.1 Å². The number of carbonyl (C=O) groups excluding carboxylic acids is 1. The number of benzene rings is 1. The van der Waals surface area contributed by atoms with Gasteiger partial charge in [-0.25, -0.2) is 0 Å². The molecule has 1 aromatic carbocycles. The first-order valence-corrected chi connectivity index (χ1v) is 5.66. The number of aryl methyl sites for hydroxylation is 1. The zero-order valence-electron chi connectivity index (χ0n) is 8.75. The summed E-state index contributed by atoms with van der Waals surface area (Å²) in [5.74, 6) is -0.114. The molecule has 0 saturated heterocycles. The van der Waals surface area contributed by atoms with Gasteiger partial charge in [0.05, 0.1) is 5.56 Å². The van der Waals surface area contributed by atoms with Crippen LogP contribution in [0.15, 0.2) is 41.1 Å². The number of rotatable bonds is 2. The molecule has 1 heterocycles. The lowest BCUT2D eigenvalue weighted by atomic mass is 10.2. The number of hydrogen-bond donors (Lipinski definition) is 2. The Balaban J connectivity index is 2.15. The topological polar surface area (TPSA) is 44.9 Å². The van der Waals surface area contributed by atoms with Crippen molar-refractivity contribution in [1.82, 2.24) is 4.98 Å². The van der Waals surface area contributed by atoms with E-state index in [9.17, 15) is 4.79 Å². The summed E-state index contributed by atoms with van der Waals surface area (Å²) in [6.07, 6.45) is 3.39. The van der Waals surface area contributed by atoms with E-state index in [-0.39, 0.29) is 5.91 Å². The first kappa shape index (κ1) is 11.0. The maximum atomic E-state index is 11.7. The largest absolute Gasteiger partial charge is 0.367 e. The number of amides is 1. The van der Waals surface area contributed by atoms with Crippen molar-refractivity contribution in [3.63, 3.8) is 0 Å². The Kier molecular flexibility index (Phi) is 3.10. The number of nitrogens with one attached hydrogen (secondary N) is 2. The van der Waals surface area contributed by atoms with Gasteiger partial charge in [-0.15, -0.1) is 0 Å². The van der Waals surface area contributed by atoms with Gasteiger partial charge in [-0.2, -0.15) is 0 Å². The van der Waals surface area contributed by atoms with Crippen molar-refractivity contribution in [1.29, 1.82) is 0 Å². The third-order valence-corrected chi connectivity index (χ3v) is 3.14. The molecule has 0 bridgehead atoms. The van der Waals surface area contributed by atoms with E-state index < -0.39 is 0 Å². The monoisotopic (exact) mass is 278 g/mol. The number of carbonyl (C=O) groups is 1. The van der Waals surface area contributed by atoms with Crippen LogP contribution in [0.2, 0.25) is 0 Å². The molecule has 1 aromatic heterocycles. The number of aromatic nitrogens is 1. The van der Waals surface area contributed by atoms with E-state index in [2.05, 4.69) is 26.2 Å². The Bertz CT molecular complexity index is 506. The quantitative estimate of drug-likeness (QED) is 0.870. The van der Waals surface area contributed by atoms with E-state index >= 15 is 0 Å². The standard InChI is InChI=1S/C12H11BrN2O/c1-8-2-3-10(6-11(8)13)15-12(16)9-4-5-14-7-9/h2-7,14H,1H3,(H,15,16). The summed E-state index contributed by atoms with van der Waals surface area (Å²) in [6.45, 7) is 2.00. The van der Waals surface area contributed by atoms with Crippen LogP contribution in [0.4, 0.5) is 5.69 Å². The first-order valence-electron chi connectivity index (χ1n) is 4.87. The molecule has 0 aliphatic heterocycles. The summed E-state index contributed by atoms with van der Waals surface area (Å²) < 4.78 is 0.986. The van der Waals surface area contributed by atoms with Crippen molar-refractivity contribution in [3.8, 4) is 0 Å². The van der Waals surface area contributed by atoms with E-state index in [4.69, 9.17) is 0 Å². The van der Waals surface area contributed by atoms with E-state index in [1.54, 1.807) is 18.5 Å². The molecule has 2 N–H and O–H groups in total. The molecule has 1 amide bonds. The predicted molar refractivity (Wildman–Crippen MR) is 67.6 cm³/mol. The molecular weight excluding hydrogens is 268 g/mol. The fourth-order valence-corrected chi connectivity index (χ4v) is 1.72. The van der Waals surface area contributed by atoms with Gasteiger partial charge in [-0.3, -0.25) is 4.79 Å². The molecule has 0 saturated carbocycles. The molecule has 2 aromatic rings. The van der Waals surface area contributed by atoms with Gasteiger partial charge >= 0.3 is 0 Å². The number of H-pyrrole nitrogens is 1. The molecule has 0 aliphatic carbocycles. The minimum absolute atomic E-state index is 0.114. The maximum absolute atomic E-state index is 11.7. The van der Waals surface area contributed by atoms with Crippen molar-refractivity contribution >= 4 is 27.5 Å². The van der Waals surface area contributed by atoms with Crippen LogP contribution in [0.1, 0.15) is 15.9 Å². The zero-order chi connectivity index (χ0) is 11.5. The molecule has 0 atom stereocenters. The molecule has 0 aliphatic rings. The maximum Gasteiger partial charge on any atom is 0.257 e. The van der Waals surface area contributed by atoms with Crippen molar-refractivity contribution < 1.29 is 4.79 Å². The molecule has 82 valence electrons. The SMILES string of the molecule is Cc1ccc(NC(=O)c2cc[nH]c2)cc1Br. The summed E-state index contributed by atoms with van der Waals surface area (Å²) in [7, 11) is 0. The third kappa shape index (κ3) is 2.33. The highest BCUT2D eigenvalue weighted by molar-refractivity contribution is 9.10. The first-order chi connectivity index (χ1) is 7.66. The Hall–Kier alpha value is -1.55. The molecule has 2 rings (SSSR count). The number of halogens is 1. The van der Waals surface area contributed by atoms with Gasteiger partial charge in [0.25, 0.3) is 5.91 Å². The summed E-state index contributed by atoms with van der Waals surface area (Å²) in [4.78, 5) is 14.6. The Morgan fingerprint density at radius 3 is 2.81 bits per heavy atom. The van der Waals surface area contributed by atoms with Crippen molar-refractivity contribution in [2.45, 2.75) is 6.92 Å². The lowest BCUT2D eigenvalue weighted by molar-refractivity contribution is 0.102. The Morgan fingerprint density at radius 2 is 2.19 bits per heavy atom. The number of aromatic amines is 1. The molecule has 0 fully saturated rings. The van der Waals surface area contributed by atoms with E-state index in [1.165, 1.54) is 0 Å². The average molecular weight is 279 g/mol. The van der Waals surface area contributed by atoms with Gasteiger partial charge in [0.2, 0.25) is 0 Å². The summed E-state index contributed by atoms with van der Waals surface area (Å²) in [5, 5.41) is 2.82. The minimum atomic E-state index is -0.114. The summed E-state index contributed by atoms with van der Waals surface area (Å²) in [6, 6.07) is 7.46. The van der Waals surface area contributed by atoms with Crippen molar-refractivity contribution in [2.75, 3.05) is 5.32 Å². The fraction of sp³-hybridized carbons (Fsp3) is 0.0833. The summed E-state index contributed by atoms with van der Waals surface area (Å²) >= 11 is 3.43. The molecule has 0 unspecified atom stereocenters. The van der Waals surface area contributed by atoms with Crippen LogP contribution in [0.5, 0.6) is 0 Å². The van der Waals surface area contributed by atoms with Crippen LogP contribution >= 0.6 is 15.9 Å². The van der Waals surface area contributed by atoms with Crippen LogP contribution in [0.3, 0.4) is 0 Å². The zero-order valence-corrected chi connectivity index (χ0v) is 10.3. The lowest BCUT2D eigenvalue weighted by Crippen LogP contribution is -2.10. The second-order valence-corrected chi connectivity index (χ2v) is 4.37. The highest BCUT2D eigenvalue weighted by atomic mass is 79.9. The van der Waals surface area contributed by atoms with E-state index in [0.29, 0.717) is 5.56 Å². The number of anilines is 1. The van der Waals surface area contributed by atoms with Gasteiger partial charge < -0.3 is 10.3 Å². The normalized spacial score (nSPS) is 10.1. The fourth-order valence-electron chi connectivity index (χ4n) is 1.34. The third-order valence-electron chi connectivity index (χ3n) is 2.29. The molecule has 16 heavy (non-hydrogen) atoms. The van der Waals surface area contributed by atoms with Crippen molar-refractivity contribution in [3.05, 3.63) is 52.3 Å². The molecular formula is C12H11BrN2O. The van der Waals surface area contributed by atoms with Crippen LogP contribution in [-0.4, -0.2) is 10.9 Å².